The Morgan fingerprint density at radius 3 is 2.44 bits per heavy atom. The lowest BCUT2D eigenvalue weighted by atomic mass is 9.88. The van der Waals surface area contributed by atoms with Crippen LogP contribution in [0.1, 0.15) is 11.5 Å². The van der Waals surface area contributed by atoms with Gasteiger partial charge in [-0.3, -0.25) is 0 Å². The van der Waals surface area contributed by atoms with Crippen LogP contribution in [0.3, 0.4) is 0 Å². The lowest BCUT2D eigenvalue weighted by Gasteiger charge is -2.27. The van der Waals surface area contributed by atoms with Gasteiger partial charge in [-0.1, -0.05) is 42.5 Å². The zero-order valence-corrected chi connectivity index (χ0v) is 9.59. The van der Waals surface area contributed by atoms with Gasteiger partial charge in [0.05, 0.1) is 19.1 Å². The fraction of sp³-hybridized carbons (Fsp3) is 0.286. The van der Waals surface area contributed by atoms with Crippen LogP contribution >= 0.6 is 0 Å². The number of allylic oxidation sites excluding steroid dienone is 2. The molecule has 1 aliphatic rings. The molecule has 2 atom stereocenters. The van der Waals surface area contributed by atoms with Gasteiger partial charge < -0.3 is 9.47 Å². The van der Waals surface area contributed by atoms with Crippen LogP contribution in [0.15, 0.2) is 54.3 Å². The van der Waals surface area contributed by atoms with Gasteiger partial charge in [-0.05, 0) is 11.6 Å². The Morgan fingerprint density at radius 1 is 1.06 bits per heavy atom. The highest BCUT2D eigenvalue weighted by Crippen LogP contribution is 2.33. The van der Waals surface area contributed by atoms with Gasteiger partial charge in [0, 0.05) is 7.11 Å². The van der Waals surface area contributed by atoms with Crippen molar-refractivity contribution in [3.63, 3.8) is 0 Å². The van der Waals surface area contributed by atoms with Crippen LogP contribution in [0, 0.1) is 0 Å². The standard InChI is InChI=1S/C14H16O2/c1-15-12-9-6-10-13(16-2)14(12)11-7-4-3-5-8-11/h3-10,12,14H,1-2H3. The fourth-order valence-corrected chi connectivity index (χ4v) is 2.06. The van der Waals surface area contributed by atoms with Gasteiger partial charge in [-0.2, -0.15) is 0 Å². The Kier molecular flexibility index (Phi) is 3.42. The molecule has 2 rings (SSSR count). The molecule has 0 fully saturated rings. The van der Waals surface area contributed by atoms with Crippen molar-refractivity contribution in [3.05, 3.63) is 59.9 Å². The van der Waals surface area contributed by atoms with E-state index < -0.39 is 0 Å². The number of hydrogen-bond acceptors (Lipinski definition) is 2. The summed E-state index contributed by atoms with van der Waals surface area (Å²) in [4.78, 5) is 0. The Balaban J connectivity index is 2.35. The molecule has 2 unspecified atom stereocenters. The van der Waals surface area contributed by atoms with E-state index in [-0.39, 0.29) is 12.0 Å². The van der Waals surface area contributed by atoms with Gasteiger partial charge in [0.2, 0.25) is 0 Å². The zero-order chi connectivity index (χ0) is 11.4. The minimum absolute atomic E-state index is 0.0438. The summed E-state index contributed by atoms with van der Waals surface area (Å²) in [5.74, 6) is 1.10. The highest BCUT2D eigenvalue weighted by molar-refractivity contribution is 5.34. The summed E-state index contributed by atoms with van der Waals surface area (Å²) >= 11 is 0. The molecule has 2 heteroatoms. The van der Waals surface area contributed by atoms with Crippen LogP contribution in [-0.4, -0.2) is 20.3 Å². The molecule has 2 nitrogen and oxygen atoms in total. The Bertz CT molecular complexity index is 392. The monoisotopic (exact) mass is 216 g/mol. The number of methoxy groups -OCH3 is 2. The molecule has 0 bridgehead atoms. The SMILES string of the molecule is COC1=CC=CC(OC)C1c1ccccc1. The van der Waals surface area contributed by atoms with Crippen molar-refractivity contribution < 1.29 is 9.47 Å². The number of rotatable bonds is 3. The molecule has 0 saturated carbocycles. The van der Waals surface area contributed by atoms with Crippen molar-refractivity contribution >= 4 is 0 Å². The predicted molar refractivity (Wildman–Crippen MR) is 64.2 cm³/mol. The van der Waals surface area contributed by atoms with Gasteiger partial charge in [0.1, 0.15) is 5.76 Å². The van der Waals surface area contributed by atoms with Gasteiger partial charge >= 0.3 is 0 Å². The summed E-state index contributed by atoms with van der Waals surface area (Å²) in [6, 6.07) is 10.3. The maximum atomic E-state index is 5.48. The summed E-state index contributed by atoms with van der Waals surface area (Å²) in [7, 11) is 3.43. The van der Waals surface area contributed by atoms with Crippen LogP contribution in [-0.2, 0) is 9.47 Å². The highest BCUT2D eigenvalue weighted by Gasteiger charge is 2.27. The van der Waals surface area contributed by atoms with Crippen LogP contribution in [0.4, 0.5) is 0 Å². The van der Waals surface area contributed by atoms with E-state index in [1.54, 1.807) is 14.2 Å². The van der Waals surface area contributed by atoms with Crippen LogP contribution in [0.2, 0.25) is 0 Å². The molecule has 1 aliphatic carbocycles. The largest absolute Gasteiger partial charge is 0.500 e. The maximum Gasteiger partial charge on any atom is 0.106 e. The number of hydrogen-bond donors (Lipinski definition) is 0. The van der Waals surface area contributed by atoms with E-state index in [1.807, 2.05) is 30.4 Å². The molecule has 84 valence electrons. The molecule has 0 radical (unpaired) electrons. The Labute approximate surface area is 96.2 Å². The van der Waals surface area contributed by atoms with Gasteiger partial charge in [0.25, 0.3) is 0 Å². The molecule has 0 spiro atoms. The summed E-state index contributed by atoms with van der Waals surface area (Å²) in [5.41, 5.74) is 1.21. The highest BCUT2D eigenvalue weighted by atomic mass is 16.5. The molecule has 0 amide bonds. The van der Waals surface area contributed by atoms with Crippen molar-refractivity contribution in [1.82, 2.24) is 0 Å². The van der Waals surface area contributed by atoms with Gasteiger partial charge in [-0.15, -0.1) is 0 Å². The first kappa shape index (κ1) is 11.0. The molecular weight excluding hydrogens is 200 g/mol. The second kappa shape index (κ2) is 4.99. The van der Waals surface area contributed by atoms with E-state index in [4.69, 9.17) is 9.47 Å². The van der Waals surface area contributed by atoms with Crippen LogP contribution in [0.5, 0.6) is 0 Å². The first-order valence-corrected chi connectivity index (χ1v) is 5.37. The number of benzene rings is 1. The molecule has 0 saturated heterocycles. The van der Waals surface area contributed by atoms with Crippen LogP contribution < -0.4 is 0 Å². The third-order valence-electron chi connectivity index (χ3n) is 2.86. The van der Waals surface area contributed by atoms with Crippen molar-refractivity contribution in [2.24, 2.45) is 0 Å². The minimum Gasteiger partial charge on any atom is -0.500 e. The van der Waals surface area contributed by atoms with E-state index in [2.05, 4.69) is 18.2 Å². The third-order valence-corrected chi connectivity index (χ3v) is 2.86. The van der Waals surface area contributed by atoms with E-state index in [9.17, 15) is 0 Å². The van der Waals surface area contributed by atoms with Crippen molar-refractivity contribution in [3.8, 4) is 0 Å². The van der Waals surface area contributed by atoms with E-state index >= 15 is 0 Å². The molecule has 0 aliphatic heterocycles. The molecular formula is C14H16O2. The van der Waals surface area contributed by atoms with Crippen molar-refractivity contribution in [1.29, 1.82) is 0 Å². The summed E-state index contributed by atoms with van der Waals surface area (Å²) < 4.78 is 10.9. The van der Waals surface area contributed by atoms with Gasteiger partial charge in [-0.25, -0.2) is 0 Å². The molecule has 16 heavy (non-hydrogen) atoms. The quantitative estimate of drug-likeness (QED) is 0.773. The molecule has 0 heterocycles. The third kappa shape index (κ3) is 2.02. The Morgan fingerprint density at radius 2 is 1.81 bits per heavy atom. The fourth-order valence-electron chi connectivity index (χ4n) is 2.06. The lowest BCUT2D eigenvalue weighted by Crippen LogP contribution is -2.23. The van der Waals surface area contributed by atoms with Crippen molar-refractivity contribution in [2.45, 2.75) is 12.0 Å². The second-order valence-corrected chi connectivity index (χ2v) is 3.75. The normalized spacial score (nSPS) is 24.0. The van der Waals surface area contributed by atoms with E-state index in [1.165, 1.54) is 5.56 Å². The van der Waals surface area contributed by atoms with Crippen LogP contribution in [0.25, 0.3) is 0 Å². The molecule has 0 N–H and O–H groups in total. The second-order valence-electron chi connectivity index (χ2n) is 3.75. The molecule has 0 aromatic heterocycles. The molecule has 1 aromatic carbocycles. The topological polar surface area (TPSA) is 18.5 Å². The average Bonchev–Trinajstić information content (AvgIpc) is 2.38. The predicted octanol–water partition coefficient (Wildman–Crippen LogP) is 2.89. The van der Waals surface area contributed by atoms with E-state index in [0.29, 0.717) is 0 Å². The summed E-state index contributed by atoms with van der Waals surface area (Å²) in [5, 5.41) is 0. The Hall–Kier alpha value is -1.54. The van der Waals surface area contributed by atoms with Crippen molar-refractivity contribution in [2.75, 3.05) is 14.2 Å². The van der Waals surface area contributed by atoms with Gasteiger partial charge in [0.15, 0.2) is 0 Å². The lowest BCUT2D eigenvalue weighted by molar-refractivity contribution is 0.103. The maximum absolute atomic E-state index is 5.48. The first-order valence-electron chi connectivity index (χ1n) is 5.37. The zero-order valence-electron chi connectivity index (χ0n) is 9.59. The summed E-state index contributed by atoms with van der Waals surface area (Å²) in [6.07, 6.45) is 6.07. The summed E-state index contributed by atoms with van der Waals surface area (Å²) in [6.45, 7) is 0. The number of ether oxygens (including phenoxy) is 2. The molecule has 1 aromatic rings. The minimum atomic E-state index is 0.0438. The average molecular weight is 216 g/mol. The van der Waals surface area contributed by atoms with E-state index in [0.717, 1.165) is 5.76 Å². The first-order chi connectivity index (χ1) is 7.86. The smallest absolute Gasteiger partial charge is 0.106 e.